The van der Waals surface area contributed by atoms with Crippen molar-refractivity contribution in [2.45, 2.75) is 63.4 Å². The number of alkyl halides is 24. The van der Waals surface area contributed by atoms with E-state index in [2.05, 4.69) is 0 Å². The monoisotopic (exact) mass is 696 g/mol. The predicted octanol–water partition coefficient (Wildman–Crippen LogP) is 8.29. The SMILES string of the molecule is FC(F)(F)C(F)(F)C(F)(F)C(F)(F)C(F)(F)C(F)(F)C(F)(F)C(F)(F)C(F)(I)C(F)(F)C(F)(F)F. The van der Waals surface area contributed by atoms with E-state index in [0.717, 1.165) is 0 Å². The van der Waals surface area contributed by atoms with E-state index in [1.807, 2.05) is 0 Å². The number of hydrogen-bond donors (Lipinski definition) is 0. The van der Waals surface area contributed by atoms with Crippen molar-refractivity contribution in [3.05, 3.63) is 0 Å². The second-order valence-electron chi connectivity index (χ2n) is 6.17. The average molecular weight is 696 g/mol. The molecule has 35 heavy (non-hydrogen) atoms. The average Bonchev–Trinajstić information content (AvgIpc) is 2.58. The Morgan fingerprint density at radius 3 is 0.600 bits per heavy atom. The van der Waals surface area contributed by atoms with Crippen molar-refractivity contribution in [3.8, 4) is 0 Å². The van der Waals surface area contributed by atoms with Crippen molar-refractivity contribution < 1.29 is 101 Å². The van der Waals surface area contributed by atoms with Crippen LogP contribution in [0.3, 0.4) is 0 Å². The van der Waals surface area contributed by atoms with Gasteiger partial charge >= 0.3 is 63.4 Å². The van der Waals surface area contributed by atoms with Gasteiger partial charge in [-0.05, 0) is 22.6 Å². The van der Waals surface area contributed by atoms with Crippen LogP contribution < -0.4 is 0 Å². The number of halogens is 24. The van der Waals surface area contributed by atoms with Crippen LogP contribution in [0, 0.1) is 0 Å². The van der Waals surface area contributed by atoms with Crippen LogP contribution in [-0.2, 0) is 0 Å². The summed E-state index contributed by atoms with van der Waals surface area (Å²) in [4.78, 5) is 0. The second-order valence-corrected chi connectivity index (χ2v) is 7.65. The third-order valence-electron chi connectivity index (χ3n) is 3.87. The molecule has 0 aliphatic rings. The first-order valence-electron chi connectivity index (χ1n) is 7.04. The van der Waals surface area contributed by atoms with Crippen molar-refractivity contribution >= 4 is 22.6 Å². The standard InChI is InChI=1S/C11F23I/c12-1(13,3(16,17)5(20,21)7(24,25)10(29,30)31)2(14,15)4(18,19)6(22,23)9(28,35)8(26,27)11(32,33)34. The maximum absolute atomic E-state index is 13.5. The smallest absolute Gasteiger partial charge is 0.218 e. The van der Waals surface area contributed by atoms with Gasteiger partial charge in [0.25, 0.3) is 0 Å². The van der Waals surface area contributed by atoms with Gasteiger partial charge in [-0.15, -0.1) is 0 Å². The Kier molecular flexibility index (Phi) is 7.86. The molecule has 24 heteroatoms. The Balaban J connectivity index is 7.15. The molecule has 1 atom stereocenters. The van der Waals surface area contributed by atoms with E-state index in [9.17, 15) is 101 Å². The zero-order valence-corrected chi connectivity index (χ0v) is 16.7. The summed E-state index contributed by atoms with van der Waals surface area (Å²) in [6.07, 6.45) is -15.8. The molecule has 0 radical (unpaired) electrons. The first kappa shape index (κ1) is 34.1. The fourth-order valence-electron chi connectivity index (χ4n) is 1.74. The molecule has 0 aliphatic heterocycles. The molecular formula is C11F23I. The first-order chi connectivity index (χ1) is 14.5. The summed E-state index contributed by atoms with van der Waals surface area (Å²) in [5.74, 6) is -70.7. The fraction of sp³-hybridized carbons (Fsp3) is 1.00. The largest absolute Gasteiger partial charge is 0.460 e. The van der Waals surface area contributed by atoms with Gasteiger partial charge in [0.15, 0.2) is 0 Å². The molecule has 0 rings (SSSR count). The van der Waals surface area contributed by atoms with Gasteiger partial charge in [-0.3, -0.25) is 0 Å². The highest BCUT2D eigenvalue weighted by atomic mass is 127. The summed E-state index contributed by atoms with van der Waals surface area (Å²) >= 11 is -1.71. The lowest BCUT2D eigenvalue weighted by Gasteiger charge is -2.45. The predicted molar refractivity (Wildman–Crippen MR) is 69.5 cm³/mol. The summed E-state index contributed by atoms with van der Waals surface area (Å²) in [5, 5.41) is 0. The summed E-state index contributed by atoms with van der Waals surface area (Å²) in [5.41, 5.74) is 0. The lowest BCUT2D eigenvalue weighted by Crippen LogP contribution is -2.77. The van der Waals surface area contributed by atoms with Gasteiger partial charge in [0.1, 0.15) is 0 Å². The lowest BCUT2D eigenvalue weighted by molar-refractivity contribution is -0.467. The van der Waals surface area contributed by atoms with Crippen molar-refractivity contribution in [2.75, 3.05) is 0 Å². The Morgan fingerprint density at radius 2 is 0.400 bits per heavy atom. The molecule has 0 saturated carbocycles. The van der Waals surface area contributed by atoms with E-state index in [-0.39, 0.29) is 0 Å². The van der Waals surface area contributed by atoms with Crippen LogP contribution in [0.4, 0.5) is 101 Å². The normalized spacial score (nSPS) is 18.5. The fourth-order valence-corrected chi connectivity index (χ4v) is 2.38. The Labute approximate surface area is 187 Å². The molecule has 0 bridgehead atoms. The van der Waals surface area contributed by atoms with Crippen molar-refractivity contribution in [3.63, 3.8) is 0 Å². The highest BCUT2D eigenvalue weighted by molar-refractivity contribution is 14.1. The van der Waals surface area contributed by atoms with Crippen LogP contribution in [0.25, 0.3) is 0 Å². The molecular weight excluding hydrogens is 696 g/mol. The molecule has 0 aliphatic carbocycles. The van der Waals surface area contributed by atoms with E-state index < -0.39 is 86.0 Å². The van der Waals surface area contributed by atoms with Crippen molar-refractivity contribution in [1.82, 2.24) is 0 Å². The molecule has 0 N–H and O–H groups in total. The molecule has 212 valence electrons. The molecule has 0 amide bonds. The van der Waals surface area contributed by atoms with Crippen LogP contribution in [0.2, 0.25) is 0 Å². The summed E-state index contributed by atoms with van der Waals surface area (Å²) in [6, 6.07) is 0. The van der Waals surface area contributed by atoms with Crippen LogP contribution in [0.5, 0.6) is 0 Å². The maximum atomic E-state index is 13.5. The second kappa shape index (κ2) is 8.06. The van der Waals surface area contributed by atoms with Crippen LogP contribution in [0.15, 0.2) is 0 Å². The first-order valence-corrected chi connectivity index (χ1v) is 8.11. The van der Waals surface area contributed by atoms with Gasteiger partial charge in [0, 0.05) is 0 Å². The zero-order chi connectivity index (χ0) is 29.5. The van der Waals surface area contributed by atoms with Crippen LogP contribution in [-0.4, -0.2) is 63.4 Å². The topological polar surface area (TPSA) is 0 Å². The van der Waals surface area contributed by atoms with Crippen molar-refractivity contribution in [1.29, 1.82) is 0 Å². The van der Waals surface area contributed by atoms with E-state index in [0.29, 0.717) is 0 Å². The molecule has 0 aromatic rings. The molecule has 0 fully saturated rings. The Morgan fingerprint density at radius 1 is 0.229 bits per heavy atom. The molecule has 0 saturated heterocycles. The van der Waals surface area contributed by atoms with Crippen LogP contribution in [0.1, 0.15) is 0 Å². The van der Waals surface area contributed by atoms with Gasteiger partial charge in [-0.25, -0.2) is 4.39 Å². The van der Waals surface area contributed by atoms with E-state index in [1.165, 1.54) is 0 Å². The van der Waals surface area contributed by atoms with Gasteiger partial charge in [0.05, 0.1) is 0 Å². The molecule has 0 heterocycles. The third-order valence-corrected chi connectivity index (χ3v) is 5.22. The lowest BCUT2D eigenvalue weighted by atomic mass is 9.87. The Hall–Kier alpha value is -0.880. The highest BCUT2D eigenvalue weighted by Gasteiger charge is 2.98. The summed E-state index contributed by atoms with van der Waals surface area (Å²) in [6.45, 7) is 0. The highest BCUT2D eigenvalue weighted by Crippen LogP contribution is 2.67. The van der Waals surface area contributed by atoms with E-state index in [4.69, 9.17) is 0 Å². The summed E-state index contributed by atoms with van der Waals surface area (Å²) in [7, 11) is 0. The molecule has 0 aromatic carbocycles. The quantitative estimate of drug-likeness (QED) is 0.136. The maximum Gasteiger partial charge on any atom is 0.460 e. The number of hydrogen-bond acceptors (Lipinski definition) is 0. The molecule has 1 unspecified atom stereocenters. The molecule has 0 nitrogen and oxygen atoms in total. The molecule has 0 aromatic heterocycles. The zero-order valence-electron chi connectivity index (χ0n) is 14.6. The van der Waals surface area contributed by atoms with Gasteiger partial charge < -0.3 is 0 Å². The minimum absolute atomic E-state index is 1.71. The van der Waals surface area contributed by atoms with Crippen molar-refractivity contribution in [2.24, 2.45) is 0 Å². The molecule has 0 spiro atoms. The number of rotatable bonds is 8. The Bertz CT molecular complexity index is 716. The van der Waals surface area contributed by atoms with Gasteiger partial charge in [0.2, 0.25) is 0 Å². The third kappa shape index (κ3) is 4.04. The minimum atomic E-state index is -9.26. The van der Waals surface area contributed by atoms with E-state index >= 15 is 0 Å². The van der Waals surface area contributed by atoms with Crippen LogP contribution >= 0.6 is 22.6 Å². The van der Waals surface area contributed by atoms with Gasteiger partial charge in [-0.1, -0.05) is 0 Å². The van der Waals surface area contributed by atoms with Gasteiger partial charge in [-0.2, -0.15) is 96.6 Å². The summed E-state index contributed by atoms with van der Waals surface area (Å²) < 4.78 is 288. The minimum Gasteiger partial charge on any atom is -0.218 e. The van der Waals surface area contributed by atoms with E-state index in [1.54, 1.807) is 0 Å².